The summed E-state index contributed by atoms with van der Waals surface area (Å²) in [6, 6.07) is 14.3. The first-order chi connectivity index (χ1) is 13.7. The SMILES string of the molecule is CCCCCCn1c(O)c(N=NC(=O)c2ccccc2)c2ccc(OC)cc21. The number of aryl methyl sites for hydroxylation is 1. The van der Waals surface area contributed by atoms with Crippen LogP contribution in [0.4, 0.5) is 5.69 Å². The van der Waals surface area contributed by atoms with Gasteiger partial charge < -0.3 is 14.4 Å². The second-order valence-electron chi connectivity index (χ2n) is 6.64. The van der Waals surface area contributed by atoms with Crippen LogP contribution in [0.1, 0.15) is 43.0 Å². The Morgan fingerprint density at radius 3 is 2.61 bits per heavy atom. The Bertz CT molecular complexity index is 978. The van der Waals surface area contributed by atoms with Crippen LogP contribution < -0.4 is 4.74 Å². The van der Waals surface area contributed by atoms with Gasteiger partial charge in [0.15, 0.2) is 5.69 Å². The van der Waals surface area contributed by atoms with Gasteiger partial charge in [-0.2, -0.15) is 0 Å². The molecule has 3 aromatic rings. The fourth-order valence-electron chi connectivity index (χ4n) is 3.18. The van der Waals surface area contributed by atoms with Gasteiger partial charge in [-0.05, 0) is 30.7 Å². The van der Waals surface area contributed by atoms with Crippen molar-refractivity contribution >= 4 is 22.5 Å². The number of fused-ring (bicyclic) bond motifs is 1. The molecule has 3 rings (SSSR count). The van der Waals surface area contributed by atoms with Crippen molar-refractivity contribution in [3.8, 4) is 11.6 Å². The first kappa shape index (κ1) is 19.6. The maximum atomic E-state index is 12.2. The third kappa shape index (κ3) is 4.22. The summed E-state index contributed by atoms with van der Waals surface area (Å²) in [4.78, 5) is 12.2. The molecule has 1 aromatic heterocycles. The Morgan fingerprint density at radius 2 is 1.89 bits per heavy atom. The zero-order valence-electron chi connectivity index (χ0n) is 16.3. The Labute approximate surface area is 164 Å². The second-order valence-corrected chi connectivity index (χ2v) is 6.64. The molecule has 0 saturated carbocycles. The summed E-state index contributed by atoms with van der Waals surface area (Å²) >= 11 is 0. The average molecular weight is 379 g/mol. The largest absolute Gasteiger partial charge is 0.497 e. The van der Waals surface area contributed by atoms with Crippen LogP contribution in [0.25, 0.3) is 10.9 Å². The number of aromatic hydroxyl groups is 1. The first-order valence-electron chi connectivity index (χ1n) is 9.56. The molecule has 0 fully saturated rings. The molecule has 6 nitrogen and oxygen atoms in total. The Kier molecular flexibility index (Phi) is 6.42. The fraction of sp³-hybridized carbons (Fsp3) is 0.318. The van der Waals surface area contributed by atoms with Gasteiger partial charge in [-0.15, -0.1) is 10.2 Å². The number of hydrogen-bond donors (Lipinski definition) is 1. The summed E-state index contributed by atoms with van der Waals surface area (Å²) in [5, 5.41) is 19.4. The smallest absolute Gasteiger partial charge is 0.295 e. The van der Waals surface area contributed by atoms with E-state index in [1.165, 1.54) is 0 Å². The summed E-state index contributed by atoms with van der Waals surface area (Å²) in [6.07, 6.45) is 4.33. The van der Waals surface area contributed by atoms with Crippen LogP contribution in [0.2, 0.25) is 0 Å². The number of azo groups is 1. The lowest BCUT2D eigenvalue weighted by Crippen LogP contribution is -1.97. The number of benzene rings is 2. The molecule has 0 bridgehead atoms. The van der Waals surface area contributed by atoms with E-state index in [1.807, 2.05) is 22.8 Å². The van der Waals surface area contributed by atoms with Crippen LogP contribution in [0, 0.1) is 0 Å². The molecular weight excluding hydrogens is 354 g/mol. The zero-order valence-corrected chi connectivity index (χ0v) is 16.3. The van der Waals surface area contributed by atoms with E-state index >= 15 is 0 Å². The van der Waals surface area contributed by atoms with Crippen molar-refractivity contribution in [2.75, 3.05) is 7.11 Å². The number of ether oxygens (including phenoxy) is 1. The third-order valence-electron chi connectivity index (χ3n) is 4.72. The predicted molar refractivity (Wildman–Crippen MR) is 110 cm³/mol. The van der Waals surface area contributed by atoms with E-state index < -0.39 is 5.91 Å². The first-order valence-corrected chi connectivity index (χ1v) is 9.56. The van der Waals surface area contributed by atoms with Crippen molar-refractivity contribution in [1.82, 2.24) is 4.57 Å². The van der Waals surface area contributed by atoms with Gasteiger partial charge in [-0.1, -0.05) is 44.4 Å². The van der Waals surface area contributed by atoms with E-state index in [0.29, 0.717) is 23.5 Å². The van der Waals surface area contributed by atoms with Gasteiger partial charge in [0.2, 0.25) is 5.88 Å². The standard InChI is InChI=1S/C22H25N3O3/c1-3-4-5-9-14-25-19-15-17(28-2)12-13-18(19)20(22(25)27)23-24-21(26)16-10-7-6-8-11-16/h6-8,10-13,15,27H,3-5,9,14H2,1-2H3. The van der Waals surface area contributed by atoms with Gasteiger partial charge in [0.05, 0.1) is 12.6 Å². The molecule has 6 heteroatoms. The molecule has 0 saturated heterocycles. The van der Waals surface area contributed by atoms with E-state index in [4.69, 9.17) is 4.74 Å². The molecule has 1 heterocycles. The minimum Gasteiger partial charge on any atom is -0.497 e. The number of hydrogen-bond acceptors (Lipinski definition) is 4. The van der Waals surface area contributed by atoms with E-state index in [9.17, 15) is 9.90 Å². The Morgan fingerprint density at radius 1 is 1.11 bits per heavy atom. The molecule has 0 spiro atoms. The van der Waals surface area contributed by atoms with Crippen LogP contribution in [0.15, 0.2) is 58.8 Å². The van der Waals surface area contributed by atoms with E-state index in [1.54, 1.807) is 37.4 Å². The van der Waals surface area contributed by atoms with Crippen molar-refractivity contribution < 1.29 is 14.6 Å². The minimum atomic E-state index is -0.447. The van der Waals surface area contributed by atoms with Crippen LogP contribution in [-0.4, -0.2) is 22.7 Å². The van der Waals surface area contributed by atoms with Crippen molar-refractivity contribution in [2.45, 2.75) is 39.2 Å². The Balaban J connectivity index is 1.96. The molecule has 0 aliphatic carbocycles. The minimum absolute atomic E-state index is 0.0179. The van der Waals surface area contributed by atoms with E-state index in [0.717, 1.165) is 36.6 Å². The molecule has 2 aromatic carbocycles. The molecule has 1 amide bonds. The van der Waals surface area contributed by atoms with Gasteiger partial charge >= 0.3 is 0 Å². The van der Waals surface area contributed by atoms with Gasteiger partial charge in [0.1, 0.15) is 5.75 Å². The molecule has 0 atom stereocenters. The number of rotatable bonds is 8. The topological polar surface area (TPSA) is 76.2 Å². The van der Waals surface area contributed by atoms with Crippen LogP contribution in [0.3, 0.4) is 0 Å². The predicted octanol–water partition coefficient (Wildman–Crippen LogP) is 5.86. The number of amides is 1. The maximum absolute atomic E-state index is 12.2. The van der Waals surface area contributed by atoms with Gasteiger partial charge in [-0.3, -0.25) is 4.79 Å². The van der Waals surface area contributed by atoms with Gasteiger partial charge in [0.25, 0.3) is 5.91 Å². The zero-order chi connectivity index (χ0) is 19.9. The van der Waals surface area contributed by atoms with Crippen LogP contribution in [-0.2, 0) is 6.54 Å². The second kappa shape index (κ2) is 9.17. The van der Waals surface area contributed by atoms with Crippen LogP contribution >= 0.6 is 0 Å². The van der Waals surface area contributed by atoms with Gasteiger partial charge in [-0.25, -0.2) is 0 Å². The molecule has 0 unspecified atom stereocenters. The molecule has 1 N–H and O–H groups in total. The number of carbonyl (C=O) groups is 1. The lowest BCUT2D eigenvalue weighted by atomic mass is 10.2. The maximum Gasteiger partial charge on any atom is 0.295 e. The quantitative estimate of drug-likeness (QED) is 0.393. The molecule has 28 heavy (non-hydrogen) atoms. The summed E-state index contributed by atoms with van der Waals surface area (Å²) in [7, 11) is 1.61. The Hall–Kier alpha value is -3.15. The highest BCUT2D eigenvalue weighted by Crippen LogP contribution is 2.40. The fourth-order valence-corrected chi connectivity index (χ4v) is 3.18. The average Bonchev–Trinajstić information content (AvgIpc) is 3.00. The molecular formula is C22H25N3O3. The highest BCUT2D eigenvalue weighted by Gasteiger charge is 2.18. The summed E-state index contributed by atoms with van der Waals surface area (Å²) in [5.41, 5.74) is 1.57. The number of methoxy groups -OCH3 is 1. The summed E-state index contributed by atoms with van der Waals surface area (Å²) in [5.74, 6) is 0.269. The van der Waals surface area contributed by atoms with Crippen molar-refractivity contribution in [3.63, 3.8) is 0 Å². The van der Waals surface area contributed by atoms with Crippen molar-refractivity contribution in [1.29, 1.82) is 0 Å². The number of carbonyl (C=O) groups excluding carboxylic acids is 1. The molecule has 0 radical (unpaired) electrons. The molecule has 146 valence electrons. The van der Waals surface area contributed by atoms with Gasteiger partial charge in [0, 0.05) is 23.6 Å². The number of unbranched alkanes of at least 4 members (excludes halogenated alkanes) is 3. The molecule has 0 aliphatic rings. The van der Waals surface area contributed by atoms with E-state index in [-0.39, 0.29) is 5.88 Å². The summed E-state index contributed by atoms with van der Waals surface area (Å²) in [6.45, 7) is 2.83. The highest BCUT2D eigenvalue weighted by molar-refractivity contribution is 5.97. The number of nitrogens with zero attached hydrogens (tertiary/aromatic N) is 3. The third-order valence-corrected chi connectivity index (χ3v) is 4.72. The monoisotopic (exact) mass is 379 g/mol. The highest BCUT2D eigenvalue weighted by atomic mass is 16.5. The lowest BCUT2D eigenvalue weighted by Gasteiger charge is -2.07. The van der Waals surface area contributed by atoms with Crippen molar-refractivity contribution in [3.05, 3.63) is 54.1 Å². The van der Waals surface area contributed by atoms with E-state index in [2.05, 4.69) is 17.2 Å². The number of aromatic nitrogens is 1. The van der Waals surface area contributed by atoms with Crippen LogP contribution in [0.5, 0.6) is 11.6 Å². The van der Waals surface area contributed by atoms with Crippen molar-refractivity contribution in [2.24, 2.45) is 10.2 Å². The molecule has 0 aliphatic heterocycles. The summed E-state index contributed by atoms with van der Waals surface area (Å²) < 4.78 is 7.14. The normalized spacial score (nSPS) is 11.4. The lowest BCUT2D eigenvalue weighted by molar-refractivity contribution is 0.0995.